The molecule has 3 nitrogen and oxygen atoms in total. The number of nitrogens with one attached hydrogen (secondary N) is 1. The Hall–Kier alpha value is -0.990. The van der Waals surface area contributed by atoms with E-state index in [-0.39, 0.29) is 0 Å². The Labute approximate surface area is 143 Å². The highest BCUT2D eigenvalue weighted by Gasteiger charge is 2.13. The van der Waals surface area contributed by atoms with Crippen LogP contribution in [0.15, 0.2) is 53.0 Å². The fourth-order valence-corrected chi connectivity index (χ4v) is 3.12. The summed E-state index contributed by atoms with van der Waals surface area (Å²) >= 11 is 11.2. The number of nitrogens with zero attached hydrogens (tertiary/aromatic N) is 2. The van der Waals surface area contributed by atoms with Crippen molar-refractivity contribution in [1.82, 2.24) is 14.8 Å². The van der Waals surface area contributed by atoms with Gasteiger partial charge < -0.3 is 0 Å². The molecule has 3 rings (SSSR count). The summed E-state index contributed by atoms with van der Waals surface area (Å²) in [6, 6.07) is 16.1. The van der Waals surface area contributed by atoms with Crippen molar-refractivity contribution in [1.29, 1.82) is 0 Å². The SMILES string of the molecule is S=c1[nH]nc(-c2cc(I)ccc2Br)n1-c1ccccc1. The zero-order chi connectivity index (χ0) is 14.1. The van der Waals surface area contributed by atoms with Crippen LogP contribution in [0, 0.1) is 8.34 Å². The number of halogens is 2. The summed E-state index contributed by atoms with van der Waals surface area (Å²) in [6.07, 6.45) is 0. The minimum Gasteiger partial charge on any atom is -0.268 e. The second kappa shape index (κ2) is 5.79. The zero-order valence-corrected chi connectivity index (χ0v) is 14.7. The molecule has 1 aromatic heterocycles. The maximum Gasteiger partial charge on any atom is 0.200 e. The van der Waals surface area contributed by atoms with Crippen molar-refractivity contribution in [3.63, 3.8) is 0 Å². The van der Waals surface area contributed by atoms with Crippen LogP contribution >= 0.6 is 50.7 Å². The van der Waals surface area contributed by atoms with Gasteiger partial charge in [-0.2, -0.15) is 5.10 Å². The van der Waals surface area contributed by atoms with E-state index in [2.05, 4.69) is 54.8 Å². The quantitative estimate of drug-likeness (QED) is 0.435. The fraction of sp³-hybridized carbons (Fsp3) is 0. The van der Waals surface area contributed by atoms with Gasteiger partial charge in [0.1, 0.15) is 0 Å². The summed E-state index contributed by atoms with van der Waals surface area (Å²) < 4.78 is 4.65. The van der Waals surface area contributed by atoms with Crippen molar-refractivity contribution in [2.45, 2.75) is 0 Å². The molecule has 20 heavy (non-hydrogen) atoms. The third kappa shape index (κ3) is 2.59. The predicted octanol–water partition coefficient (Wildman–Crippen LogP) is 4.96. The smallest absolute Gasteiger partial charge is 0.200 e. The van der Waals surface area contributed by atoms with Crippen LogP contribution in [0.5, 0.6) is 0 Å². The summed E-state index contributed by atoms with van der Waals surface area (Å²) in [7, 11) is 0. The van der Waals surface area contributed by atoms with Crippen LogP contribution in [0.4, 0.5) is 0 Å². The number of para-hydroxylation sites is 1. The Morgan fingerprint density at radius 1 is 1.15 bits per heavy atom. The highest BCUT2D eigenvalue weighted by molar-refractivity contribution is 14.1. The first-order valence-electron chi connectivity index (χ1n) is 5.85. The number of rotatable bonds is 2. The molecule has 1 heterocycles. The lowest BCUT2D eigenvalue weighted by Crippen LogP contribution is -1.98. The van der Waals surface area contributed by atoms with E-state index < -0.39 is 0 Å². The molecule has 0 fully saturated rings. The largest absolute Gasteiger partial charge is 0.268 e. The molecular weight excluding hydrogens is 449 g/mol. The van der Waals surface area contributed by atoms with E-state index >= 15 is 0 Å². The molecule has 0 amide bonds. The van der Waals surface area contributed by atoms with E-state index in [1.54, 1.807) is 0 Å². The van der Waals surface area contributed by atoms with Crippen molar-refractivity contribution in [3.05, 3.63) is 61.3 Å². The molecule has 100 valence electrons. The average Bonchev–Trinajstić information content (AvgIpc) is 2.84. The third-order valence-electron chi connectivity index (χ3n) is 2.86. The van der Waals surface area contributed by atoms with Crippen molar-refractivity contribution >= 4 is 50.7 Å². The van der Waals surface area contributed by atoms with E-state index in [9.17, 15) is 0 Å². The standard InChI is InChI=1S/C14H9BrIN3S/c15-12-7-6-9(16)8-11(12)13-17-18-14(20)19(13)10-4-2-1-3-5-10/h1-8H,(H,18,20). The molecule has 0 unspecified atom stereocenters. The number of hydrogen-bond acceptors (Lipinski definition) is 2. The van der Waals surface area contributed by atoms with Gasteiger partial charge in [0.2, 0.25) is 0 Å². The van der Waals surface area contributed by atoms with Crippen molar-refractivity contribution in [3.8, 4) is 17.1 Å². The molecule has 3 aromatic rings. The van der Waals surface area contributed by atoms with Gasteiger partial charge in [0, 0.05) is 19.3 Å². The number of H-pyrrole nitrogens is 1. The molecule has 2 aromatic carbocycles. The van der Waals surface area contributed by atoms with Crippen molar-refractivity contribution < 1.29 is 0 Å². The third-order valence-corrected chi connectivity index (χ3v) is 4.49. The second-order valence-electron chi connectivity index (χ2n) is 4.15. The molecule has 0 radical (unpaired) electrons. The normalized spacial score (nSPS) is 10.7. The molecule has 0 aliphatic heterocycles. The van der Waals surface area contributed by atoms with Crippen LogP contribution in [0.3, 0.4) is 0 Å². The summed E-state index contributed by atoms with van der Waals surface area (Å²) in [4.78, 5) is 0. The van der Waals surface area contributed by atoms with Crippen LogP contribution in [0.2, 0.25) is 0 Å². The van der Waals surface area contributed by atoms with Crippen molar-refractivity contribution in [2.24, 2.45) is 0 Å². The highest BCUT2D eigenvalue weighted by atomic mass is 127. The average molecular weight is 458 g/mol. The number of aromatic amines is 1. The molecule has 6 heteroatoms. The topological polar surface area (TPSA) is 33.6 Å². The molecule has 1 N–H and O–H groups in total. The van der Waals surface area contributed by atoms with Crippen LogP contribution in [-0.2, 0) is 0 Å². The minimum absolute atomic E-state index is 0.581. The van der Waals surface area contributed by atoms with Gasteiger partial charge in [0.15, 0.2) is 10.6 Å². The molecular formula is C14H9BrIN3S. The molecule has 0 aliphatic carbocycles. The number of hydrogen-bond donors (Lipinski definition) is 1. The highest BCUT2D eigenvalue weighted by Crippen LogP contribution is 2.30. The van der Waals surface area contributed by atoms with Crippen LogP contribution in [-0.4, -0.2) is 14.8 Å². The van der Waals surface area contributed by atoms with E-state index in [4.69, 9.17) is 12.2 Å². The first-order chi connectivity index (χ1) is 9.66. The molecule has 0 aliphatic rings. The van der Waals surface area contributed by atoms with E-state index in [0.29, 0.717) is 4.77 Å². The van der Waals surface area contributed by atoms with Gasteiger partial charge in [-0.05, 0) is 65.1 Å². The van der Waals surface area contributed by atoms with E-state index in [1.807, 2.05) is 47.0 Å². The summed E-state index contributed by atoms with van der Waals surface area (Å²) in [6.45, 7) is 0. The Morgan fingerprint density at radius 3 is 2.65 bits per heavy atom. The Bertz CT molecular complexity index is 811. The second-order valence-corrected chi connectivity index (χ2v) is 6.63. The van der Waals surface area contributed by atoms with Gasteiger partial charge in [-0.15, -0.1) is 0 Å². The summed E-state index contributed by atoms with van der Waals surface area (Å²) in [5.41, 5.74) is 2.00. The fourth-order valence-electron chi connectivity index (χ4n) is 1.96. The lowest BCUT2D eigenvalue weighted by molar-refractivity contribution is 1.04. The maximum absolute atomic E-state index is 5.36. The van der Waals surface area contributed by atoms with Crippen LogP contribution in [0.1, 0.15) is 0 Å². The molecule has 0 saturated heterocycles. The lowest BCUT2D eigenvalue weighted by atomic mass is 10.2. The Kier molecular flexibility index (Phi) is 4.04. The van der Waals surface area contributed by atoms with Gasteiger partial charge in [-0.25, -0.2) is 0 Å². The van der Waals surface area contributed by atoms with E-state index in [0.717, 1.165) is 25.1 Å². The van der Waals surface area contributed by atoms with Gasteiger partial charge in [0.25, 0.3) is 0 Å². The molecule has 0 atom stereocenters. The van der Waals surface area contributed by atoms with Crippen LogP contribution in [0.25, 0.3) is 17.1 Å². The van der Waals surface area contributed by atoms with Gasteiger partial charge >= 0.3 is 0 Å². The molecule has 0 spiro atoms. The molecule has 0 bridgehead atoms. The van der Waals surface area contributed by atoms with Gasteiger partial charge in [0.05, 0.1) is 0 Å². The van der Waals surface area contributed by atoms with Gasteiger partial charge in [-0.3, -0.25) is 9.67 Å². The first kappa shape index (κ1) is 14.0. The zero-order valence-electron chi connectivity index (χ0n) is 10.2. The maximum atomic E-state index is 5.36. The Balaban J connectivity index is 2.27. The lowest BCUT2D eigenvalue weighted by Gasteiger charge is -2.08. The number of benzene rings is 2. The number of aromatic nitrogens is 3. The first-order valence-corrected chi connectivity index (χ1v) is 8.13. The minimum atomic E-state index is 0.581. The summed E-state index contributed by atoms with van der Waals surface area (Å²) in [5.74, 6) is 0.798. The van der Waals surface area contributed by atoms with Gasteiger partial charge in [-0.1, -0.05) is 34.1 Å². The monoisotopic (exact) mass is 457 g/mol. The molecule has 0 saturated carbocycles. The Morgan fingerprint density at radius 2 is 1.90 bits per heavy atom. The van der Waals surface area contributed by atoms with Crippen LogP contribution < -0.4 is 0 Å². The summed E-state index contributed by atoms with van der Waals surface area (Å²) in [5, 5.41) is 7.25. The predicted molar refractivity (Wildman–Crippen MR) is 94.6 cm³/mol. The van der Waals surface area contributed by atoms with Crippen molar-refractivity contribution in [2.75, 3.05) is 0 Å². The van der Waals surface area contributed by atoms with E-state index in [1.165, 1.54) is 0 Å².